The Hall–Kier alpha value is -1.03. The lowest BCUT2D eigenvalue weighted by atomic mass is 10.3. The van der Waals surface area contributed by atoms with Crippen LogP contribution in [0.25, 0.3) is 10.2 Å². The van der Waals surface area contributed by atoms with Crippen molar-refractivity contribution in [3.05, 3.63) is 18.0 Å². The van der Waals surface area contributed by atoms with Gasteiger partial charge in [-0.2, -0.15) is 9.47 Å². The molecule has 0 bridgehead atoms. The van der Waals surface area contributed by atoms with E-state index in [0.29, 0.717) is 0 Å². The summed E-state index contributed by atoms with van der Waals surface area (Å²) in [5.41, 5.74) is 1.04. The second-order valence-electron chi connectivity index (χ2n) is 2.02. The van der Waals surface area contributed by atoms with Crippen molar-refractivity contribution in [2.75, 3.05) is 0 Å². The highest BCUT2D eigenvalue weighted by atomic mass is 32.1. The molecular weight excluding hydrogens is 146 g/mol. The van der Waals surface area contributed by atoms with Crippen LogP contribution in [0, 0.1) is 6.92 Å². The normalized spacial score (nSPS) is 10.5. The molecule has 0 spiro atoms. The molecule has 50 valence electrons. The molecule has 2 aromatic rings. The van der Waals surface area contributed by atoms with E-state index in [0.717, 1.165) is 15.9 Å². The third kappa shape index (κ3) is 0.690. The van der Waals surface area contributed by atoms with Gasteiger partial charge in [0.05, 0.1) is 11.9 Å². The van der Waals surface area contributed by atoms with E-state index in [1.165, 1.54) is 11.5 Å². The van der Waals surface area contributed by atoms with Gasteiger partial charge in [-0.25, -0.2) is 0 Å². The van der Waals surface area contributed by atoms with Crippen molar-refractivity contribution >= 4 is 21.7 Å². The predicted molar refractivity (Wildman–Crippen MR) is 39.9 cm³/mol. The Morgan fingerprint density at radius 1 is 1.50 bits per heavy atom. The smallest absolute Gasteiger partial charge is 0.166 e. The van der Waals surface area contributed by atoms with E-state index in [4.69, 9.17) is 0 Å². The minimum atomic E-state index is 0.917. The molecule has 0 atom stereocenters. The van der Waals surface area contributed by atoms with Crippen LogP contribution in [0.5, 0.6) is 0 Å². The second kappa shape index (κ2) is 1.98. The van der Waals surface area contributed by atoms with Crippen LogP contribution in [0.3, 0.4) is 0 Å². The first kappa shape index (κ1) is 5.73. The Balaban J connectivity index is 2.93. The lowest BCUT2D eigenvalue weighted by Gasteiger charge is -1.82. The van der Waals surface area contributed by atoms with Gasteiger partial charge in [0.2, 0.25) is 0 Å². The molecule has 3 nitrogen and oxygen atoms in total. The van der Waals surface area contributed by atoms with Gasteiger partial charge in [-0.3, -0.25) is 0 Å². The van der Waals surface area contributed by atoms with E-state index in [9.17, 15) is 0 Å². The fraction of sp³-hybridized carbons (Fsp3) is 0.167. The molecule has 2 aromatic heterocycles. The summed E-state index contributed by atoms with van der Waals surface area (Å²) < 4.78 is 4.13. The molecule has 10 heavy (non-hydrogen) atoms. The van der Waals surface area contributed by atoms with Gasteiger partial charge in [0.25, 0.3) is 0 Å². The number of hydrogen-bond acceptors (Lipinski definition) is 4. The van der Waals surface area contributed by atoms with Gasteiger partial charge in [0.1, 0.15) is 0 Å². The molecule has 0 aliphatic rings. The molecule has 2 rings (SSSR count). The van der Waals surface area contributed by atoms with Crippen LogP contribution in [0.2, 0.25) is 0 Å². The summed E-state index contributed by atoms with van der Waals surface area (Å²) in [6, 6.07) is 1.93. The highest BCUT2D eigenvalue weighted by Gasteiger charge is 1.99. The quantitative estimate of drug-likeness (QED) is 0.571. The van der Waals surface area contributed by atoms with Gasteiger partial charge >= 0.3 is 0 Å². The number of aromatic nitrogens is 3. The fourth-order valence-electron chi connectivity index (χ4n) is 0.822. The van der Waals surface area contributed by atoms with Crippen LogP contribution in [-0.4, -0.2) is 14.6 Å². The van der Waals surface area contributed by atoms with Gasteiger partial charge in [0.15, 0.2) is 4.83 Å². The minimum absolute atomic E-state index is 0.917. The number of fused-ring (bicyclic) bond motifs is 1. The molecule has 0 N–H and O–H groups in total. The van der Waals surface area contributed by atoms with Crippen molar-refractivity contribution in [2.24, 2.45) is 0 Å². The molecule has 0 saturated carbocycles. The lowest BCUT2D eigenvalue weighted by Crippen LogP contribution is -1.76. The van der Waals surface area contributed by atoms with E-state index in [2.05, 4.69) is 14.6 Å². The average Bonchev–Trinajstić information content (AvgIpc) is 2.34. The molecule has 0 saturated heterocycles. The molecule has 0 fully saturated rings. The van der Waals surface area contributed by atoms with Crippen molar-refractivity contribution in [2.45, 2.75) is 6.92 Å². The maximum absolute atomic E-state index is 4.13. The Labute approximate surface area is 61.9 Å². The summed E-state index contributed by atoms with van der Waals surface area (Å²) in [5, 5.41) is 8.77. The fourth-order valence-corrected chi connectivity index (χ4v) is 1.54. The molecule has 4 heteroatoms. The molecule has 2 heterocycles. The van der Waals surface area contributed by atoms with Crippen molar-refractivity contribution in [3.63, 3.8) is 0 Å². The van der Waals surface area contributed by atoms with Crippen LogP contribution in [-0.2, 0) is 0 Å². The minimum Gasteiger partial charge on any atom is -0.195 e. The summed E-state index contributed by atoms with van der Waals surface area (Å²) in [7, 11) is 0. The van der Waals surface area contributed by atoms with Crippen LogP contribution in [0.15, 0.2) is 12.3 Å². The van der Waals surface area contributed by atoms with Gasteiger partial charge in [-0.1, -0.05) is 0 Å². The Morgan fingerprint density at radius 2 is 2.40 bits per heavy atom. The molecule has 0 amide bonds. The summed E-state index contributed by atoms with van der Waals surface area (Å²) in [5.74, 6) is 0. The van der Waals surface area contributed by atoms with Crippen LogP contribution in [0.1, 0.15) is 5.69 Å². The highest BCUT2D eigenvalue weighted by Crippen LogP contribution is 2.17. The van der Waals surface area contributed by atoms with E-state index in [-0.39, 0.29) is 0 Å². The van der Waals surface area contributed by atoms with Crippen LogP contribution >= 0.6 is 11.5 Å². The summed E-state index contributed by atoms with van der Waals surface area (Å²) in [6.45, 7) is 1.97. The largest absolute Gasteiger partial charge is 0.195 e. The van der Waals surface area contributed by atoms with Crippen molar-refractivity contribution in [1.82, 2.24) is 14.6 Å². The third-order valence-electron chi connectivity index (χ3n) is 1.35. The van der Waals surface area contributed by atoms with Gasteiger partial charge in [-0.05, 0) is 24.5 Å². The number of aryl methyl sites for hydroxylation is 1. The maximum atomic E-state index is 4.13. The monoisotopic (exact) mass is 151 g/mol. The zero-order valence-corrected chi connectivity index (χ0v) is 6.22. The Kier molecular flexibility index (Phi) is 1.14. The third-order valence-corrected chi connectivity index (χ3v) is 2.19. The van der Waals surface area contributed by atoms with E-state index < -0.39 is 0 Å². The molecule has 0 radical (unpaired) electrons. The predicted octanol–water partition coefficient (Wildman–Crippen LogP) is 1.39. The van der Waals surface area contributed by atoms with Crippen molar-refractivity contribution in [3.8, 4) is 0 Å². The topological polar surface area (TPSA) is 38.7 Å². The van der Waals surface area contributed by atoms with Gasteiger partial charge in [-0.15, -0.1) is 5.10 Å². The number of nitrogens with zero attached hydrogens (tertiary/aromatic N) is 3. The number of hydrogen-bond donors (Lipinski definition) is 0. The standard InChI is InChI=1S/C6H5N3S/c1-4-5-2-3-7-8-6(5)10-9-4/h2-3H,1H3. The lowest BCUT2D eigenvalue weighted by molar-refractivity contribution is 1.08. The van der Waals surface area contributed by atoms with Crippen LogP contribution < -0.4 is 0 Å². The first-order chi connectivity index (χ1) is 4.88. The summed E-state index contributed by atoms with van der Waals surface area (Å²) in [4.78, 5) is 0.917. The molecule has 0 aliphatic carbocycles. The summed E-state index contributed by atoms with van der Waals surface area (Å²) in [6.07, 6.45) is 1.68. The van der Waals surface area contributed by atoms with Gasteiger partial charge < -0.3 is 0 Å². The Morgan fingerprint density at radius 3 is 3.20 bits per heavy atom. The molecule has 0 unspecified atom stereocenters. The number of rotatable bonds is 0. The van der Waals surface area contributed by atoms with E-state index in [1.54, 1.807) is 6.20 Å². The zero-order chi connectivity index (χ0) is 6.97. The van der Waals surface area contributed by atoms with Crippen LogP contribution in [0.4, 0.5) is 0 Å². The van der Waals surface area contributed by atoms with E-state index in [1.807, 2.05) is 13.0 Å². The first-order valence-electron chi connectivity index (χ1n) is 2.91. The van der Waals surface area contributed by atoms with Crippen molar-refractivity contribution < 1.29 is 0 Å². The molecule has 0 aliphatic heterocycles. The highest BCUT2D eigenvalue weighted by molar-refractivity contribution is 7.12. The van der Waals surface area contributed by atoms with Crippen molar-refractivity contribution in [1.29, 1.82) is 0 Å². The molecular formula is C6H5N3S. The molecule has 0 aromatic carbocycles. The van der Waals surface area contributed by atoms with Gasteiger partial charge in [0, 0.05) is 5.39 Å². The zero-order valence-electron chi connectivity index (χ0n) is 5.40. The Bertz CT molecular complexity index is 355. The maximum Gasteiger partial charge on any atom is 0.166 e. The van der Waals surface area contributed by atoms with E-state index >= 15 is 0 Å². The first-order valence-corrected chi connectivity index (χ1v) is 3.69. The second-order valence-corrected chi connectivity index (χ2v) is 2.77. The SMILES string of the molecule is Cc1nsc2nnccc12. The summed E-state index contributed by atoms with van der Waals surface area (Å²) >= 11 is 1.39. The average molecular weight is 151 g/mol.